The van der Waals surface area contributed by atoms with E-state index in [1.165, 1.54) is 30.3 Å². The van der Waals surface area contributed by atoms with Gasteiger partial charge in [0.05, 0.1) is 5.97 Å². The topological polar surface area (TPSA) is 93.0 Å². The van der Waals surface area contributed by atoms with Gasteiger partial charge in [0.15, 0.2) is 0 Å². The van der Waals surface area contributed by atoms with Crippen LogP contribution in [0.2, 0.25) is 0 Å². The van der Waals surface area contributed by atoms with Crippen LogP contribution in [-0.2, 0) is 11.3 Å². The molecule has 0 heterocycles. The number of nitriles is 1. The van der Waals surface area contributed by atoms with E-state index in [0.29, 0.717) is 12.1 Å². The van der Waals surface area contributed by atoms with Crippen LogP contribution >= 0.6 is 0 Å². The number of nitrogens with one attached hydrogen (secondary N) is 1. The molecular weight excluding hydrogens is 292 g/mol. The Balaban J connectivity index is 2.07. The van der Waals surface area contributed by atoms with E-state index in [1.54, 1.807) is 0 Å². The van der Waals surface area contributed by atoms with E-state index in [9.17, 15) is 14.7 Å². The fourth-order valence-corrected chi connectivity index (χ4v) is 1.90. The van der Waals surface area contributed by atoms with Gasteiger partial charge in [0.1, 0.15) is 11.6 Å². The van der Waals surface area contributed by atoms with Gasteiger partial charge in [0, 0.05) is 6.54 Å². The number of carboxylic acids is 1. The maximum atomic E-state index is 12.0. The van der Waals surface area contributed by atoms with E-state index in [0.717, 1.165) is 5.56 Å². The van der Waals surface area contributed by atoms with Gasteiger partial charge >= 0.3 is 0 Å². The second-order valence-corrected chi connectivity index (χ2v) is 4.75. The Morgan fingerprint density at radius 2 is 1.74 bits per heavy atom. The Morgan fingerprint density at radius 1 is 1.09 bits per heavy atom. The van der Waals surface area contributed by atoms with Crippen LogP contribution in [0.15, 0.2) is 60.2 Å². The zero-order chi connectivity index (χ0) is 16.7. The number of carbonyl (C=O) groups excluding carboxylic acids is 2. The summed E-state index contributed by atoms with van der Waals surface area (Å²) in [6.07, 6.45) is 1.40. The molecule has 2 aromatic rings. The minimum absolute atomic E-state index is 0.0363. The average Bonchev–Trinajstić information content (AvgIpc) is 2.59. The van der Waals surface area contributed by atoms with Gasteiger partial charge in [-0.25, -0.2) is 0 Å². The smallest absolute Gasteiger partial charge is 0.262 e. The normalized spacial score (nSPS) is 10.7. The molecule has 5 nitrogen and oxygen atoms in total. The summed E-state index contributed by atoms with van der Waals surface area (Å²) in [5, 5.41) is 22.5. The molecule has 0 aliphatic carbocycles. The maximum Gasteiger partial charge on any atom is 0.262 e. The number of aromatic carboxylic acids is 1. The molecule has 0 fully saturated rings. The molecule has 114 valence electrons. The fourth-order valence-electron chi connectivity index (χ4n) is 1.90. The molecule has 0 aromatic heterocycles. The quantitative estimate of drug-likeness (QED) is 0.665. The van der Waals surface area contributed by atoms with Gasteiger partial charge in [-0.15, -0.1) is 0 Å². The van der Waals surface area contributed by atoms with Gasteiger partial charge in [-0.05, 0) is 22.8 Å². The summed E-state index contributed by atoms with van der Waals surface area (Å²) in [6.45, 7) is 0.322. The van der Waals surface area contributed by atoms with Gasteiger partial charge in [-0.3, -0.25) is 4.79 Å². The molecule has 0 atom stereocenters. The van der Waals surface area contributed by atoms with Crippen LogP contribution in [-0.4, -0.2) is 11.9 Å². The maximum absolute atomic E-state index is 12.0. The van der Waals surface area contributed by atoms with Crippen molar-refractivity contribution in [2.24, 2.45) is 0 Å². The number of nitrogens with zero attached hydrogens (tertiary/aromatic N) is 1. The average molecular weight is 305 g/mol. The lowest BCUT2D eigenvalue weighted by atomic mass is 10.1. The molecule has 0 bridgehead atoms. The Kier molecular flexibility index (Phi) is 5.26. The number of hydrogen-bond acceptors (Lipinski definition) is 4. The third-order valence-electron chi connectivity index (χ3n) is 3.12. The Labute approximate surface area is 133 Å². The fraction of sp³-hybridized carbons (Fsp3) is 0.0556. The first-order valence-electron chi connectivity index (χ1n) is 6.85. The van der Waals surface area contributed by atoms with Crippen LogP contribution in [0.4, 0.5) is 0 Å². The molecule has 0 saturated heterocycles. The summed E-state index contributed by atoms with van der Waals surface area (Å²) in [4.78, 5) is 22.7. The van der Waals surface area contributed by atoms with Crippen molar-refractivity contribution in [2.75, 3.05) is 0 Å². The number of amides is 1. The zero-order valence-electron chi connectivity index (χ0n) is 12.2. The van der Waals surface area contributed by atoms with Gasteiger partial charge in [0.25, 0.3) is 5.91 Å². The van der Waals surface area contributed by atoms with Gasteiger partial charge in [-0.1, -0.05) is 54.6 Å². The Hall–Kier alpha value is -3.39. The van der Waals surface area contributed by atoms with Crippen LogP contribution in [0, 0.1) is 11.3 Å². The minimum Gasteiger partial charge on any atom is -0.545 e. The van der Waals surface area contributed by atoms with E-state index in [-0.39, 0.29) is 11.1 Å². The minimum atomic E-state index is -1.28. The van der Waals surface area contributed by atoms with Gasteiger partial charge in [-0.2, -0.15) is 5.26 Å². The van der Waals surface area contributed by atoms with Crippen LogP contribution in [0.5, 0.6) is 0 Å². The van der Waals surface area contributed by atoms with Crippen LogP contribution in [0.3, 0.4) is 0 Å². The second-order valence-electron chi connectivity index (χ2n) is 4.75. The third kappa shape index (κ3) is 4.55. The summed E-state index contributed by atoms with van der Waals surface area (Å²) < 4.78 is 0. The first-order valence-corrected chi connectivity index (χ1v) is 6.85. The summed E-state index contributed by atoms with van der Waals surface area (Å²) in [5.41, 5.74) is 1.47. The monoisotopic (exact) mass is 305 g/mol. The highest BCUT2D eigenvalue weighted by Crippen LogP contribution is 2.09. The summed E-state index contributed by atoms with van der Waals surface area (Å²) >= 11 is 0. The largest absolute Gasteiger partial charge is 0.545 e. The molecule has 23 heavy (non-hydrogen) atoms. The molecule has 0 aliphatic rings. The van der Waals surface area contributed by atoms with Crippen LogP contribution in [0.25, 0.3) is 6.08 Å². The molecule has 2 aromatic carbocycles. The lowest BCUT2D eigenvalue weighted by molar-refractivity contribution is -0.255. The first kappa shape index (κ1) is 16.0. The number of benzene rings is 2. The molecular formula is C18H13N2O3-. The number of rotatable bonds is 5. The highest BCUT2D eigenvalue weighted by Gasteiger charge is 2.08. The molecule has 1 amide bonds. The van der Waals surface area contributed by atoms with Crippen molar-refractivity contribution >= 4 is 18.0 Å². The Morgan fingerprint density at radius 3 is 2.30 bits per heavy atom. The molecule has 0 aliphatic heterocycles. The molecule has 0 unspecified atom stereocenters. The second kappa shape index (κ2) is 7.57. The van der Waals surface area contributed by atoms with Gasteiger partial charge < -0.3 is 15.2 Å². The first-order chi connectivity index (χ1) is 11.1. The van der Waals surface area contributed by atoms with Crippen molar-refractivity contribution in [3.8, 4) is 6.07 Å². The zero-order valence-corrected chi connectivity index (χ0v) is 12.2. The van der Waals surface area contributed by atoms with E-state index < -0.39 is 11.9 Å². The molecule has 5 heteroatoms. The SMILES string of the molecule is N#C/C(=C/c1ccc(C(=O)[O-])cc1)C(=O)NCc1ccccc1. The van der Waals surface area contributed by atoms with Crippen LogP contribution in [0.1, 0.15) is 21.5 Å². The lowest BCUT2D eigenvalue weighted by Gasteiger charge is -2.05. The highest BCUT2D eigenvalue weighted by atomic mass is 16.4. The molecule has 0 spiro atoms. The highest BCUT2D eigenvalue weighted by molar-refractivity contribution is 6.01. The predicted octanol–water partition coefficient (Wildman–Crippen LogP) is 1.27. The summed E-state index contributed by atoms with van der Waals surface area (Å²) in [7, 11) is 0. The van der Waals surface area contributed by atoms with Gasteiger partial charge in [0.2, 0.25) is 0 Å². The third-order valence-corrected chi connectivity index (χ3v) is 3.12. The molecule has 0 saturated carbocycles. The Bertz CT molecular complexity index is 772. The van der Waals surface area contributed by atoms with Crippen molar-refractivity contribution in [1.82, 2.24) is 5.32 Å². The molecule has 0 radical (unpaired) electrons. The predicted molar refractivity (Wildman–Crippen MR) is 82.7 cm³/mol. The number of carbonyl (C=O) groups is 2. The van der Waals surface area contributed by atoms with Crippen molar-refractivity contribution in [2.45, 2.75) is 6.54 Å². The van der Waals surface area contributed by atoms with Crippen molar-refractivity contribution in [1.29, 1.82) is 5.26 Å². The standard InChI is InChI=1S/C18H14N2O3/c19-11-16(10-13-6-8-15(9-7-13)18(22)23)17(21)20-12-14-4-2-1-3-5-14/h1-10H,12H2,(H,20,21)(H,22,23)/p-1/b16-10-. The van der Waals surface area contributed by atoms with Crippen LogP contribution < -0.4 is 10.4 Å². The number of carboxylic acid groups (broad SMARTS) is 1. The van der Waals surface area contributed by atoms with Crippen molar-refractivity contribution in [3.05, 3.63) is 76.9 Å². The van der Waals surface area contributed by atoms with E-state index in [4.69, 9.17) is 5.26 Å². The summed E-state index contributed by atoms with van der Waals surface area (Å²) in [6, 6.07) is 16.9. The molecule has 1 N–H and O–H groups in total. The number of hydrogen-bond donors (Lipinski definition) is 1. The van der Waals surface area contributed by atoms with E-state index in [2.05, 4.69) is 5.32 Å². The van der Waals surface area contributed by atoms with E-state index >= 15 is 0 Å². The lowest BCUT2D eigenvalue weighted by Crippen LogP contribution is -2.24. The molecule has 2 rings (SSSR count). The van der Waals surface area contributed by atoms with E-state index in [1.807, 2.05) is 36.4 Å². The van der Waals surface area contributed by atoms with Crippen molar-refractivity contribution in [3.63, 3.8) is 0 Å². The summed E-state index contributed by atoms with van der Waals surface area (Å²) in [5.74, 6) is -1.76. The van der Waals surface area contributed by atoms with Crippen molar-refractivity contribution < 1.29 is 14.7 Å².